The predicted molar refractivity (Wildman–Crippen MR) is 67.6 cm³/mol. The molecule has 0 aliphatic rings. The van der Waals surface area contributed by atoms with Gasteiger partial charge in [0.2, 0.25) is 0 Å². The predicted octanol–water partition coefficient (Wildman–Crippen LogP) is 2.13. The molecule has 0 heterocycles. The largest absolute Gasteiger partial charge is 0.392 e. The highest BCUT2D eigenvalue weighted by Gasteiger charge is 2.10. The lowest BCUT2D eigenvalue weighted by Crippen LogP contribution is -2.00. The van der Waals surface area contributed by atoms with Crippen molar-refractivity contribution in [2.24, 2.45) is 0 Å². The Bertz CT molecular complexity index is 570. The quantitative estimate of drug-likeness (QED) is 0.862. The number of aliphatic hydroxyl groups excluding tert-OH is 2. The summed E-state index contributed by atoms with van der Waals surface area (Å²) in [7, 11) is 0. The van der Waals surface area contributed by atoms with E-state index in [0.29, 0.717) is 11.1 Å². The lowest BCUT2D eigenvalue weighted by Gasteiger charge is -2.12. The molecular weight excluding hydrogens is 226 g/mol. The molecule has 1 atom stereocenters. The van der Waals surface area contributed by atoms with E-state index < -0.39 is 6.10 Å². The van der Waals surface area contributed by atoms with E-state index in [1.54, 1.807) is 48.5 Å². The third-order valence-electron chi connectivity index (χ3n) is 2.81. The maximum Gasteiger partial charge on any atom is 0.104 e. The van der Waals surface area contributed by atoms with Gasteiger partial charge in [-0.15, -0.1) is 0 Å². The van der Waals surface area contributed by atoms with Crippen LogP contribution in [0, 0.1) is 11.3 Å². The Hall–Kier alpha value is -2.15. The topological polar surface area (TPSA) is 64.2 Å². The fourth-order valence-corrected chi connectivity index (χ4v) is 1.78. The van der Waals surface area contributed by atoms with Gasteiger partial charge in [-0.25, -0.2) is 0 Å². The van der Waals surface area contributed by atoms with Crippen LogP contribution in [0.3, 0.4) is 0 Å². The van der Waals surface area contributed by atoms with E-state index in [4.69, 9.17) is 10.4 Å². The molecule has 0 bridgehead atoms. The molecule has 0 spiro atoms. The normalized spacial score (nSPS) is 11.8. The first-order valence-corrected chi connectivity index (χ1v) is 5.62. The van der Waals surface area contributed by atoms with Gasteiger partial charge < -0.3 is 10.2 Å². The number of aliphatic hydroxyl groups is 2. The van der Waals surface area contributed by atoms with Crippen LogP contribution in [0.5, 0.6) is 0 Å². The maximum atomic E-state index is 10.2. The summed E-state index contributed by atoms with van der Waals surface area (Å²) in [5, 5.41) is 28.0. The zero-order chi connectivity index (χ0) is 13.0. The van der Waals surface area contributed by atoms with E-state index in [9.17, 15) is 5.11 Å². The summed E-state index contributed by atoms with van der Waals surface area (Å²) in [4.78, 5) is 0. The van der Waals surface area contributed by atoms with Crippen LogP contribution in [0.2, 0.25) is 0 Å². The molecule has 0 aromatic heterocycles. The molecule has 2 rings (SSSR count). The minimum absolute atomic E-state index is 0.0136. The van der Waals surface area contributed by atoms with Crippen molar-refractivity contribution in [3.8, 4) is 6.07 Å². The standard InChI is InChI=1S/C15H13NO2/c16-9-12-2-1-3-14(8-12)15(18)13-6-4-11(10-17)5-7-13/h1-8,15,17-18H,10H2/t15-/m0/s1. The number of hydrogen-bond donors (Lipinski definition) is 2. The number of nitrogens with zero attached hydrogens (tertiary/aromatic N) is 1. The Kier molecular flexibility index (Phi) is 3.73. The van der Waals surface area contributed by atoms with Gasteiger partial charge in [0.1, 0.15) is 6.10 Å². The molecule has 0 amide bonds. The number of rotatable bonds is 3. The summed E-state index contributed by atoms with van der Waals surface area (Å²) in [6.45, 7) is -0.0136. The summed E-state index contributed by atoms with van der Waals surface area (Å²) < 4.78 is 0. The molecule has 18 heavy (non-hydrogen) atoms. The SMILES string of the molecule is N#Cc1cccc([C@@H](O)c2ccc(CO)cc2)c1. The van der Waals surface area contributed by atoms with Crippen LogP contribution >= 0.6 is 0 Å². The summed E-state index contributed by atoms with van der Waals surface area (Å²) in [6.07, 6.45) is -0.758. The van der Waals surface area contributed by atoms with Crippen LogP contribution in [0.25, 0.3) is 0 Å². The highest BCUT2D eigenvalue weighted by molar-refractivity contribution is 5.38. The Labute approximate surface area is 106 Å². The molecule has 3 heteroatoms. The zero-order valence-corrected chi connectivity index (χ0v) is 9.74. The summed E-state index contributed by atoms with van der Waals surface area (Å²) in [5.41, 5.74) is 2.75. The lowest BCUT2D eigenvalue weighted by molar-refractivity contribution is 0.220. The van der Waals surface area contributed by atoms with Crippen molar-refractivity contribution in [3.63, 3.8) is 0 Å². The minimum Gasteiger partial charge on any atom is -0.392 e. The third-order valence-corrected chi connectivity index (χ3v) is 2.81. The smallest absolute Gasteiger partial charge is 0.104 e. The zero-order valence-electron chi connectivity index (χ0n) is 9.74. The minimum atomic E-state index is -0.758. The fourth-order valence-electron chi connectivity index (χ4n) is 1.78. The van der Waals surface area contributed by atoms with E-state index in [-0.39, 0.29) is 6.61 Å². The van der Waals surface area contributed by atoms with Gasteiger partial charge in [0.15, 0.2) is 0 Å². The van der Waals surface area contributed by atoms with E-state index in [2.05, 4.69) is 0 Å². The van der Waals surface area contributed by atoms with Gasteiger partial charge in [0.05, 0.1) is 18.2 Å². The summed E-state index contributed by atoms with van der Waals surface area (Å²) in [5.74, 6) is 0. The second-order valence-electron chi connectivity index (χ2n) is 4.04. The molecule has 0 aliphatic carbocycles. The van der Waals surface area contributed by atoms with Crippen molar-refractivity contribution in [2.75, 3.05) is 0 Å². The second kappa shape index (κ2) is 5.46. The van der Waals surface area contributed by atoms with Crippen LogP contribution < -0.4 is 0 Å². The van der Waals surface area contributed by atoms with Crippen LogP contribution in [-0.4, -0.2) is 10.2 Å². The monoisotopic (exact) mass is 239 g/mol. The van der Waals surface area contributed by atoms with Gasteiger partial charge in [-0.2, -0.15) is 5.26 Å². The molecule has 2 N–H and O–H groups in total. The average Bonchev–Trinajstić information content (AvgIpc) is 2.46. The van der Waals surface area contributed by atoms with Crippen molar-refractivity contribution in [1.29, 1.82) is 5.26 Å². The first-order chi connectivity index (χ1) is 8.74. The highest BCUT2D eigenvalue weighted by atomic mass is 16.3. The van der Waals surface area contributed by atoms with Crippen molar-refractivity contribution < 1.29 is 10.2 Å². The summed E-state index contributed by atoms with van der Waals surface area (Å²) >= 11 is 0. The van der Waals surface area contributed by atoms with Crippen molar-refractivity contribution >= 4 is 0 Å². The molecule has 0 saturated heterocycles. The third kappa shape index (κ3) is 2.57. The molecule has 2 aromatic rings. The molecule has 0 radical (unpaired) electrons. The fraction of sp³-hybridized carbons (Fsp3) is 0.133. The molecule has 2 aromatic carbocycles. The van der Waals surface area contributed by atoms with Gasteiger partial charge in [-0.3, -0.25) is 0 Å². The number of nitriles is 1. The summed E-state index contributed by atoms with van der Waals surface area (Å²) in [6, 6.07) is 16.0. The van der Waals surface area contributed by atoms with Gasteiger partial charge in [0.25, 0.3) is 0 Å². The Morgan fingerprint density at radius 2 is 1.78 bits per heavy atom. The first-order valence-electron chi connectivity index (χ1n) is 5.62. The molecule has 0 aliphatic heterocycles. The maximum absolute atomic E-state index is 10.2. The van der Waals surface area contributed by atoms with Gasteiger partial charge >= 0.3 is 0 Å². The number of hydrogen-bond acceptors (Lipinski definition) is 3. The molecule has 90 valence electrons. The highest BCUT2D eigenvalue weighted by Crippen LogP contribution is 2.22. The second-order valence-corrected chi connectivity index (χ2v) is 4.04. The molecule has 0 unspecified atom stereocenters. The van der Waals surface area contributed by atoms with Crippen LogP contribution in [-0.2, 0) is 6.61 Å². The first kappa shape index (κ1) is 12.3. The van der Waals surface area contributed by atoms with Gasteiger partial charge in [-0.1, -0.05) is 36.4 Å². The van der Waals surface area contributed by atoms with Crippen molar-refractivity contribution in [2.45, 2.75) is 12.7 Å². The van der Waals surface area contributed by atoms with Crippen LogP contribution in [0.15, 0.2) is 48.5 Å². The van der Waals surface area contributed by atoms with E-state index >= 15 is 0 Å². The van der Waals surface area contributed by atoms with Gasteiger partial charge in [0, 0.05) is 0 Å². The van der Waals surface area contributed by atoms with E-state index in [0.717, 1.165) is 11.1 Å². The van der Waals surface area contributed by atoms with Crippen molar-refractivity contribution in [1.82, 2.24) is 0 Å². The Balaban J connectivity index is 2.29. The Morgan fingerprint density at radius 1 is 1.06 bits per heavy atom. The molecule has 0 fully saturated rings. The average molecular weight is 239 g/mol. The van der Waals surface area contributed by atoms with Crippen molar-refractivity contribution in [3.05, 3.63) is 70.8 Å². The van der Waals surface area contributed by atoms with Gasteiger partial charge in [-0.05, 0) is 28.8 Å². The van der Waals surface area contributed by atoms with Crippen LogP contribution in [0.1, 0.15) is 28.4 Å². The molecular formula is C15H13NO2. The number of benzene rings is 2. The molecule has 0 saturated carbocycles. The van der Waals surface area contributed by atoms with Crippen LogP contribution in [0.4, 0.5) is 0 Å². The Morgan fingerprint density at radius 3 is 2.39 bits per heavy atom. The lowest BCUT2D eigenvalue weighted by atomic mass is 9.99. The van der Waals surface area contributed by atoms with E-state index in [1.165, 1.54) is 0 Å². The molecule has 3 nitrogen and oxygen atoms in total. The van der Waals surface area contributed by atoms with E-state index in [1.807, 2.05) is 6.07 Å².